The second-order valence-electron chi connectivity index (χ2n) is 6.80. The van der Waals surface area contributed by atoms with Crippen LogP contribution in [0, 0.1) is 0 Å². The number of methoxy groups -OCH3 is 1. The van der Waals surface area contributed by atoms with Crippen LogP contribution in [0.4, 0.5) is 11.8 Å². The molecule has 1 aromatic rings. The molecule has 1 amide bonds. The van der Waals surface area contributed by atoms with Gasteiger partial charge in [-0.1, -0.05) is 12.8 Å². The summed E-state index contributed by atoms with van der Waals surface area (Å²) in [6.45, 7) is 0. The van der Waals surface area contributed by atoms with Crippen LogP contribution in [0.3, 0.4) is 0 Å². The number of nitrogens with zero attached hydrogens (tertiary/aromatic N) is 2. The van der Waals surface area contributed by atoms with Crippen LogP contribution in [-0.2, 0) is 4.74 Å². The highest BCUT2D eigenvalue weighted by Crippen LogP contribution is 2.25. The topological polar surface area (TPSA) is 102 Å². The van der Waals surface area contributed by atoms with Gasteiger partial charge in [-0.2, -0.15) is 4.98 Å². The molecule has 1 heterocycles. The maximum Gasteiger partial charge on any atom is 0.254 e. The van der Waals surface area contributed by atoms with Crippen molar-refractivity contribution in [2.75, 3.05) is 17.7 Å². The van der Waals surface area contributed by atoms with Gasteiger partial charge >= 0.3 is 0 Å². The zero-order chi connectivity index (χ0) is 16.9. The number of amides is 1. The molecule has 2 aliphatic rings. The van der Waals surface area contributed by atoms with Crippen LogP contribution in [0.2, 0.25) is 0 Å². The minimum atomic E-state index is -0.498. The van der Waals surface area contributed by atoms with Crippen molar-refractivity contribution in [1.82, 2.24) is 9.97 Å². The molecule has 0 saturated heterocycles. The van der Waals surface area contributed by atoms with Gasteiger partial charge < -0.3 is 21.1 Å². The number of carbonyl (C=O) groups excluding carboxylic acids is 1. The molecule has 0 bridgehead atoms. The Labute approximate surface area is 142 Å². The van der Waals surface area contributed by atoms with Crippen molar-refractivity contribution in [1.29, 1.82) is 0 Å². The van der Waals surface area contributed by atoms with Gasteiger partial charge in [0.25, 0.3) is 5.91 Å². The van der Waals surface area contributed by atoms with E-state index in [2.05, 4.69) is 20.6 Å². The van der Waals surface area contributed by atoms with E-state index in [-0.39, 0.29) is 0 Å². The van der Waals surface area contributed by atoms with E-state index in [4.69, 9.17) is 10.5 Å². The van der Waals surface area contributed by atoms with Gasteiger partial charge in [0.05, 0.1) is 11.7 Å². The highest BCUT2D eigenvalue weighted by atomic mass is 16.5. The van der Waals surface area contributed by atoms with E-state index in [1.807, 2.05) is 0 Å². The summed E-state index contributed by atoms with van der Waals surface area (Å²) < 4.78 is 5.40. The van der Waals surface area contributed by atoms with Crippen LogP contribution in [0.5, 0.6) is 0 Å². The summed E-state index contributed by atoms with van der Waals surface area (Å²) >= 11 is 0. The van der Waals surface area contributed by atoms with Crippen molar-refractivity contribution >= 4 is 17.7 Å². The number of ether oxygens (including phenoxy) is 1. The van der Waals surface area contributed by atoms with E-state index in [1.54, 1.807) is 7.11 Å². The third-order valence-corrected chi connectivity index (χ3v) is 5.09. The molecule has 7 heteroatoms. The molecule has 0 spiro atoms. The molecule has 0 unspecified atom stereocenters. The highest BCUT2D eigenvalue weighted by molar-refractivity contribution is 5.97. The van der Waals surface area contributed by atoms with Crippen molar-refractivity contribution in [2.45, 2.75) is 69.6 Å². The Balaban J connectivity index is 1.68. The molecule has 0 radical (unpaired) electrons. The molecule has 3 rings (SSSR count). The van der Waals surface area contributed by atoms with Gasteiger partial charge in [-0.3, -0.25) is 4.79 Å². The van der Waals surface area contributed by atoms with Gasteiger partial charge in [0, 0.05) is 25.4 Å². The molecule has 0 atom stereocenters. The lowest BCUT2D eigenvalue weighted by Gasteiger charge is -2.28. The Kier molecular flexibility index (Phi) is 5.50. The van der Waals surface area contributed by atoms with E-state index in [9.17, 15) is 4.79 Å². The number of hydrogen-bond donors (Lipinski definition) is 3. The number of hydrogen-bond acceptors (Lipinski definition) is 6. The van der Waals surface area contributed by atoms with Crippen molar-refractivity contribution < 1.29 is 9.53 Å². The quantitative estimate of drug-likeness (QED) is 0.738. The lowest BCUT2D eigenvalue weighted by atomic mass is 9.93. The zero-order valence-corrected chi connectivity index (χ0v) is 14.3. The average Bonchev–Trinajstić information content (AvgIpc) is 3.08. The monoisotopic (exact) mass is 333 g/mol. The number of carbonyl (C=O) groups is 1. The number of anilines is 2. The Morgan fingerprint density at radius 1 is 1.12 bits per heavy atom. The summed E-state index contributed by atoms with van der Waals surface area (Å²) in [6.07, 6.45) is 10.7. The normalized spacial score (nSPS) is 24.7. The van der Waals surface area contributed by atoms with E-state index in [0.717, 1.165) is 38.5 Å². The molecule has 2 saturated carbocycles. The first-order valence-corrected chi connectivity index (χ1v) is 8.88. The van der Waals surface area contributed by atoms with Gasteiger partial charge in [0.15, 0.2) is 0 Å². The van der Waals surface area contributed by atoms with Gasteiger partial charge in [0.1, 0.15) is 5.82 Å². The van der Waals surface area contributed by atoms with Crippen LogP contribution in [0.15, 0.2) is 6.20 Å². The second-order valence-corrected chi connectivity index (χ2v) is 6.80. The molecule has 4 N–H and O–H groups in total. The number of aromatic nitrogens is 2. The minimum absolute atomic E-state index is 0.343. The first-order chi connectivity index (χ1) is 11.7. The van der Waals surface area contributed by atoms with Gasteiger partial charge in [-0.05, 0) is 38.5 Å². The first kappa shape index (κ1) is 17.0. The van der Waals surface area contributed by atoms with Gasteiger partial charge in [-0.25, -0.2) is 4.98 Å². The maximum absolute atomic E-state index is 11.6. The smallest absolute Gasteiger partial charge is 0.254 e. The lowest BCUT2D eigenvalue weighted by Crippen LogP contribution is -2.30. The van der Waals surface area contributed by atoms with Crippen LogP contribution in [0.1, 0.15) is 61.7 Å². The first-order valence-electron chi connectivity index (χ1n) is 8.88. The van der Waals surface area contributed by atoms with Crippen LogP contribution in [-0.4, -0.2) is 41.2 Å². The van der Waals surface area contributed by atoms with E-state index >= 15 is 0 Å². The average molecular weight is 333 g/mol. The minimum Gasteiger partial charge on any atom is -0.381 e. The Morgan fingerprint density at radius 3 is 2.42 bits per heavy atom. The number of nitrogens with one attached hydrogen (secondary N) is 2. The molecule has 2 fully saturated rings. The van der Waals surface area contributed by atoms with Crippen LogP contribution < -0.4 is 16.4 Å². The van der Waals surface area contributed by atoms with E-state index in [0.29, 0.717) is 35.5 Å². The summed E-state index contributed by atoms with van der Waals surface area (Å²) in [5, 5.41) is 6.76. The molecule has 132 valence electrons. The van der Waals surface area contributed by atoms with Crippen molar-refractivity contribution in [2.24, 2.45) is 5.73 Å². The summed E-state index contributed by atoms with van der Waals surface area (Å²) in [7, 11) is 1.77. The predicted octanol–water partition coefficient (Wildman–Crippen LogP) is 2.30. The van der Waals surface area contributed by atoms with Gasteiger partial charge in [-0.15, -0.1) is 0 Å². The summed E-state index contributed by atoms with van der Waals surface area (Å²) in [5.74, 6) is 0.612. The molecule has 24 heavy (non-hydrogen) atoms. The predicted molar refractivity (Wildman–Crippen MR) is 93.1 cm³/mol. The second kappa shape index (κ2) is 7.79. The molecule has 1 aromatic heterocycles. The molecular formula is C17H27N5O2. The fourth-order valence-electron chi connectivity index (χ4n) is 3.63. The fraction of sp³-hybridized carbons (Fsp3) is 0.706. The van der Waals surface area contributed by atoms with E-state index in [1.165, 1.54) is 19.0 Å². The number of rotatable bonds is 6. The van der Waals surface area contributed by atoms with Crippen molar-refractivity contribution in [3.05, 3.63) is 11.8 Å². The maximum atomic E-state index is 11.6. The lowest BCUT2D eigenvalue weighted by molar-refractivity contribution is 0.0681. The summed E-state index contributed by atoms with van der Waals surface area (Å²) in [4.78, 5) is 20.4. The zero-order valence-electron chi connectivity index (χ0n) is 14.3. The van der Waals surface area contributed by atoms with Crippen LogP contribution >= 0.6 is 0 Å². The fourth-order valence-corrected chi connectivity index (χ4v) is 3.63. The van der Waals surface area contributed by atoms with Gasteiger partial charge in [0.2, 0.25) is 5.95 Å². The van der Waals surface area contributed by atoms with E-state index < -0.39 is 5.91 Å². The van der Waals surface area contributed by atoms with Crippen LogP contribution in [0.25, 0.3) is 0 Å². The van der Waals surface area contributed by atoms with Crippen molar-refractivity contribution in [3.8, 4) is 0 Å². The largest absolute Gasteiger partial charge is 0.381 e. The third-order valence-electron chi connectivity index (χ3n) is 5.09. The molecule has 0 aromatic carbocycles. The highest BCUT2D eigenvalue weighted by Gasteiger charge is 2.23. The number of nitrogens with two attached hydrogens (primary N) is 1. The summed E-state index contributed by atoms with van der Waals surface area (Å²) in [6, 6.07) is 0.707. The Hall–Kier alpha value is -1.89. The molecule has 7 nitrogen and oxygen atoms in total. The SMILES string of the molecule is CO[C@H]1CC[C@H](Nc2ncc(C(N)=O)c(NC3CCCC3)n2)CC1. The molecular weight excluding hydrogens is 306 g/mol. The molecule has 0 aliphatic heterocycles. The Bertz CT molecular complexity index is 566. The standard InChI is InChI=1S/C17H27N5O2/c1-24-13-8-6-12(7-9-13)21-17-19-10-14(15(18)23)16(22-17)20-11-4-2-3-5-11/h10-13H,2-9H2,1H3,(H2,18,23)(H2,19,20,21,22)/t12-,13-. The van der Waals surface area contributed by atoms with Crippen molar-refractivity contribution in [3.63, 3.8) is 0 Å². The molecule has 2 aliphatic carbocycles. The Morgan fingerprint density at radius 2 is 1.79 bits per heavy atom. The number of primary amides is 1. The summed E-state index contributed by atoms with van der Waals surface area (Å²) in [5.41, 5.74) is 5.82. The third kappa shape index (κ3) is 4.14.